The molecule has 0 unspecified atom stereocenters. The third-order valence-electron chi connectivity index (χ3n) is 2.26. The molecule has 14 heavy (non-hydrogen) atoms. The van der Waals surface area contributed by atoms with E-state index in [0.29, 0.717) is 25.9 Å². The van der Waals surface area contributed by atoms with Crippen molar-refractivity contribution in [1.29, 1.82) is 0 Å². The summed E-state index contributed by atoms with van der Waals surface area (Å²) in [7, 11) is 0. The maximum absolute atomic E-state index is 12.3. The summed E-state index contributed by atoms with van der Waals surface area (Å²) in [5.74, 6) is -1.30. The lowest BCUT2D eigenvalue weighted by molar-refractivity contribution is -0.180. The maximum Gasteiger partial charge on any atom is 0.397 e. The van der Waals surface area contributed by atoms with Gasteiger partial charge in [-0.1, -0.05) is 0 Å². The molecule has 1 heterocycles. The highest BCUT2D eigenvalue weighted by Gasteiger charge is 2.24. The Morgan fingerprint density at radius 1 is 1.50 bits per heavy atom. The first-order valence-corrected chi connectivity index (χ1v) is 4.33. The van der Waals surface area contributed by atoms with Crippen LogP contribution in [0.4, 0.5) is 8.92 Å². The number of carbonyl (C=O) groups excluding carboxylic acids is 1. The van der Waals surface area contributed by atoms with Crippen LogP contribution in [0.2, 0.25) is 0 Å². The topological polar surface area (TPSA) is 55.6 Å². The highest BCUT2D eigenvalue weighted by atomic mass is 19.3. The third kappa shape index (κ3) is 2.41. The van der Waals surface area contributed by atoms with Crippen molar-refractivity contribution in [3.63, 3.8) is 0 Å². The Kier molecular flexibility index (Phi) is 3.82. The number of likely N-dealkylation sites (tertiary alicyclic amines) is 1. The molecule has 0 aliphatic carbocycles. The summed E-state index contributed by atoms with van der Waals surface area (Å²) < 4.78 is 23.8. The second kappa shape index (κ2) is 4.90. The molecule has 4 nitrogen and oxygen atoms in total. The van der Waals surface area contributed by atoms with Crippen molar-refractivity contribution in [2.24, 2.45) is 5.73 Å². The largest absolute Gasteiger partial charge is 0.397 e. The third-order valence-corrected chi connectivity index (χ3v) is 2.26. The molecule has 0 atom stereocenters. The van der Waals surface area contributed by atoms with Crippen molar-refractivity contribution in [2.45, 2.75) is 18.9 Å². The Bertz CT molecular complexity index is 237. The zero-order chi connectivity index (χ0) is 10.6. The Labute approximate surface area is 80.2 Å². The van der Waals surface area contributed by atoms with E-state index in [9.17, 15) is 13.7 Å². The van der Waals surface area contributed by atoms with E-state index in [1.54, 1.807) is 0 Å². The van der Waals surface area contributed by atoms with Crippen LogP contribution in [0, 0.1) is 0 Å². The Morgan fingerprint density at radius 2 is 2.07 bits per heavy atom. The van der Waals surface area contributed by atoms with Crippen LogP contribution in [0.15, 0.2) is 12.0 Å². The zero-order valence-corrected chi connectivity index (χ0v) is 7.58. The Morgan fingerprint density at radius 3 is 2.50 bits per heavy atom. The predicted molar refractivity (Wildman–Crippen MR) is 45.2 cm³/mol. The Balaban J connectivity index is 2.59. The molecule has 1 aliphatic rings. The van der Waals surface area contributed by atoms with Gasteiger partial charge in [0.05, 0.1) is 0 Å². The number of nitrogens with zero attached hydrogens (tertiary/aromatic N) is 1. The second-order valence-corrected chi connectivity index (χ2v) is 3.18. The minimum atomic E-state index is -1.30. The summed E-state index contributed by atoms with van der Waals surface area (Å²) in [6.45, 7) is 0.873. The number of hydrogen-bond acceptors (Lipinski definition) is 4. The number of halogens is 2. The molecule has 6 heteroatoms. The van der Waals surface area contributed by atoms with Gasteiger partial charge in [0, 0.05) is 23.7 Å². The van der Waals surface area contributed by atoms with E-state index < -0.39 is 5.97 Å². The number of rotatable bonds is 2. The van der Waals surface area contributed by atoms with Crippen LogP contribution in [0.1, 0.15) is 12.8 Å². The fraction of sp³-hybridized carbons (Fsp3) is 0.625. The molecule has 1 saturated heterocycles. The number of piperidine rings is 1. The molecule has 0 amide bonds. The van der Waals surface area contributed by atoms with Gasteiger partial charge in [-0.05, 0) is 12.8 Å². The van der Waals surface area contributed by atoms with Crippen molar-refractivity contribution in [2.75, 3.05) is 13.1 Å². The number of nitrogens with two attached hydrogens (primary N) is 1. The van der Waals surface area contributed by atoms with Crippen molar-refractivity contribution in [3.8, 4) is 0 Å². The molecule has 0 spiro atoms. The minimum Gasteiger partial charge on any atom is -0.364 e. The molecule has 0 bridgehead atoms. The molecule has 0 aromatic carbocycles. The monoisotopic (exact) mass is 206 g/mol. The SMILES string of the molecule is NC1CCN(C(=CF)C(=O)OF)CC1. The summed E-state index contributed by atoms with van der Waals surface area (Å²) in [6.07, 6.45) is 1.35. The predicted octanol–water partition coefficient (Wildman–Crippen LogP) is 0.648. The van der Waals surface area contributed by atoms with Crippen LogP contribution in [0.5, 0.6) is 0 Å². The van der Waals surface area contributed by atoms with E-state index in [0.717, 1.165) is 0 Å². The molecule has 1 fully saturated rings. The van der Waals surface area contributed by atoms with Gasteiger partial charge < -0.3 is 10.6 Å². The number of hydrogen-bond donors (Lipinski definition) is 1. The highest BCUT2D eigenvalue weighted by Crippen LogP contribution is 2.15. The fourth-order valence-corrected chi connectivity index (χ4v) is 1.42. The quantitative estimate of drug-likeness (QED) is 0.674. The molecule has 1 aliphatic heterocycles. The molecule has 1 rings (SSSR count). The first-order chi connectivity index (χ1) is 6.69. The van der Waals surface area contributed by atoms with Gasteiger partial charge in [-0.2, -0.15) is 0 Å². The lowest BCUT2D eigenvalue weighted by Gasteiger charge is -2.31. The first-order valence-electron chi connectivity index (χ1n) is 4.33. The van der Waals surface area contributed by atoms with E-state index in [-0.39, 0.29) is 18.1 Å². The zero-order valence-electron chi connectivity index (χ0n) is 7.58. The smallest absolute Gasteiger partial charge is 0.364 e. The van der Waals surface area contributed by atoms with Crippen molar-refractivity contribution >= 4 is 5.97 Å². The van der Waals surface area contributed by atoms with Gasteiger partial charge in [-0.25, -0.2) is 14.1 Å². The summed E-state index contributed by atoms with van der Waals surface area (Å²) >= 11 is 0. The summed E-state index contributed by atoms with van der Waals surface area (Å²) in [4.78, 5) is 15.1. The van der Waals surface area contributed by atoms with Crippen LogP contribution in [0.3, 0.4) is 0 Å². The van der Waals surface area contributed by atoms with Gasteiger partial charge in [0.1, 0.15) is 6.33 Å². The van der Waals surface area contributed by atoms with Crippen LogP contribution in [0.25, 0.3) is 0 Å². The normalized spacial score (nSPS) is 19.6. The lowest BCUT2D eigenvalue weighted by atomic mass is 10.1. The van der Waals surface area contributed by atoms with E-state index in [2.05, 4.69) is 4.94 Å². The molecule has 80 valence electrons. The van der Waals surface area contributed by atoms with Crippen molar-refractivity contribution in [1.82, 2.24) is 4.90 Å². The van der Waals surface area contributed by atoms with Crippen LogP contribution in [-0.4, -0.2) is 30.0 Å². The van der Waals surface area contributed by atoms with E-state index >= 15 is 0 Å². The van der Waals surface area contributed by atoms with Crippen LogP contribution < -0.4 is 5.73 Å². The average Bonchev–Trinajstić information content (AvgIpc) is 2.21. The van der Waals surface area contributed by atoms with Crippen LogP contribution >= 0.6 is 0 Å². The number of carbonyl (C=O) groups is 1. The van der Waals surface area contributed by atoms with Crippen LogP contribution in [-0.2, 0) is 9.74 Å². The molecular formula is C8H12F2N2O2. The highest BCUT2D eigenvalue weighted by molar-refractivity contribution is 5.86. The Hall–Kier alpha value is -1.17. The van der Waals surface area contributed by atoms with Crippen molar-refractivity contribution in [3.05, 3.63) is 12.0 Å². The summed E-state index contributed by atoms with van der Waals surface area (Å²) in [5, 5.41) is 0. The fourth-order valence-electron chi connectivity index (χ4n) is 1.42. The van der Waals surface area contributed by atoms with Gasteiger partial charge in [-0.15, -0.1) is 0 Å². The molecule has 0 radical (unpaired) electrons. The maximum atomic E-state index is 12.3. The molecule has 2 N–H and O–H groups in total. The van der Waals surface area contributed by atoms with Gasteiger partial charge in [-0.3, -0.25) is 0 Å². The van der Waals surface area contributed by atoms with Crippen molar-refractivity contribution < 1.29 is 18.7 Å². The minimum absolute atomic E-state index is 0.0543. The van der Waals surface area contributed by atoms with Gasteiger partial charge in [0.2, 0.25) is 0 Å². The van der Waals surface area contributed by atoms with E-state index in [4.69, 9.17) is 5.73 Å². The summed E-state index contributed by atoms with van der Waals surface area (Å²) in [6, 6.07) is 0.0634. The summed E-state index contributed by atoms with van der Waals surface area (Å²) in [5.41, 5.74) is 5.23. The van der Waals surface area contributed by atoms with Gasteiger partial charge >= 0.3 is 5.97 Å². The van der Waals surface area contributed by atoms with Gasteiger partial charge in [0.25, 0.3) is 0 Å². The van der Waals surface area contributed by atoms with E-state index in [1.165, 1.54) is 4.90 Å². The molecule has 0 aromatic rings. The molecular weight excluding hydrogens is 194 g/mol. The lowest BCUT2D eigenvalue weighted by Crippen LogP contribution is -2.40. The molecule has 0 saturated carbocycles. The standard InChI is InChI=1S/C8H12F2N2O2/c9-5-7(8(13)14-10)12-3-1-6(11)2-4-12/h5-6H,1-4,11H2. The van der Waals surface area contributed by atoms with E-state index in [1.807, 2.05) is 0 Å². The van der Waals surface area contributed by atoms with Gasteiger partial charge in [0.15, 0.2) is 5.70 Å². The molecule has 0 aromatic heterocycles. The average molecular weight is 206 g/mol. The first kappa shape index (κ1) is 10.9. The second-order valence-electron chi connectivity index (χ2n) is 3.18.